The molecule has 0 radical (unpaired) electrons. The first-order chi connectivity index (χ1) is 5.29. The molecule has 0 saturated carbocycles. The van der Waals surface area contributed by atoms with Crippen LogP contribution < -0.4 is 5.32 Å². The molecule has 0 aromatic carbocycles. The van der Waals surface area contributed by atoms with Crippen LogP contribution in [0.3, 0.4) is 0 Å². The molecule has 56 valence electrons. The lowest BCUT2D eigenvalue weighted by atomic mass is 10.0. The number of carbonyl (C=O) groups is 1. The topological polar surface area (TPSA) is 29.1 Å². The number of nitrogens with one attached hydrogen (secondary N) is 1. The maximum Gasteiger partial charge on any atom is 0.252 e. The van der Waals surface area contributed by atoms with Gasteiger partial charge in [-0.15, -0.1) is 0 Å². The average Bonchev–Trinajstić information content (AvgIpc) is 2.35. The van der Waals surface area contributed by atoms with Crippen molar-refractivity contribution in [2.75, 3.05) is 0 Å². The number of fused-ring (bicyclic) bond motifs is 1. The lowest BCUT2D eigenvalue weighted by Crippen LogP contribution is -2.26. The highest BCUT2D eigenvalue weighted by Crippen LogP contribution is 2.33. The molecule has 0 fully saturated rings. The quantitative estimate of drug-likeness (QED) is 0.647. The van der Waals surface area contributed by atoms with E-state index in [4.69, 9.17) is 0 Å². The van der Waals surface area contributed by atoms with Gasteiger partial charge in [-0.2, -0.15) is 0 Å². The summed E-state index contributed by atoms with van der Waals surface area (Å²) in [5.74, 6) is 0.159. The molecule has 3 heteroatoms. The molecule has 0 spiro atoms. The van der Waals surface area contributed by atoms with Crippen molar-refractivity contribution in [3.8, 4) is 0 Å². The highest BCUT2D eigenvalue weighted by atomic mass is 79.9. The van der Waals surface area contributed by atoms with Crippen molar-refractivity contribution in [1.82, 2.24) is 5.32 Å². The first-order valence-electron chi connectivity index (χ1n) is 3.34. The van der Waals surface area contributed by atoms with Gasteiger partial charge in [0.25, 0.3) is 5.91 Å². The lowest BCUT2D eigenvalue weighted by Gasteiger charge is -2.15. The molecule has 1 atom stereocenters. The summed E-state index contributed by atoms with van der Waals surface area (Å²) in [5.41, 5.74) is 0.819. The Bertz CT molecular complexity index is 301. The summed E-state index contributed by atoms with van der Waals surface area (Å²) in [6, 6.07) is 0. The van der Waals surface area contributed by atoms with E-state index in [1.54, 1.807) is 6.20 Å². The Morgan fingerprint density at radius 2 is 2.27 bits per heavy atom. The van der Waals surface area contributed by atoms with Crippen LogP contribution >= 0.6 is 15.9 Å². The third-order valence-electron chi connectivity index (χ3n) is 1.82. The molecule has 1 heterocycles. The first-order valence-corrected chi connectivity index (χ1v) is 4.13. The number of halogens is 1. The molecular weight excluding hydrogens is 206 g/mol. The lowest BCUT2D eigenvalue weighted by molar-refractivity contribution is -0.117. The van der Waals surface area contributed by atoms with Crippen molar-refractivity contribution in [2.45, 2.75) is 0 Å². The molecule has 1 unspecified atom stereocenters. The van der Waals surface area contributed by atoms with Crippen LogP contribution in [0.2, 0.25) is 0 Å². The summed E-state index contributed by atoms with van der Waals surface area (Å²) in [5, 5.41) is 2.63. The Labute approximate surface area is 72.8 Å². The van der Waals surface area contributed by atoms with Gasteiger partial charge in [0, 0.05) is 22.2 Å². The Morgan fingerprint density at radius 1 is 1.45 bits per heavy atom. The van der Waals surface area contributed by atoms with Crippen LogP contribution in [0.25, 0.3) is 0 Å². The number of hydrogen-bond acceptors (Lipinski definition) is 1. The number of allylic oxidation sites excluding steroid dienone is 4. The van der Waals surface area contributed by atoms with E-state index in [9.17, 15) is 4.79 Å². The summed E-state index contributed by atoms with van der Waals surface area (Å²) in [4.78, 5) is 11.1. The monoisotopic (exact) mass is 211 g/mol. The third-order valence-corrected chi connectivity index (χ3v) is 2.58. The number of hydrogen-bond donors (Lipinski definition) is 1. The maximum absolute atomic E-state index is 11.1. The van der Waals surface area contributed by atoms with Crippen LogP contribution in [-0.4, -0.2) is 5.91 Å². The third kappa shape index (κ3) is 0.959. The van der Waals surface area contributed by atoms with E-state index >= 15 is 0 Å². The molecular formula is C8H6BrNO. The highest BCUT2D eigenvalue weighted by molar-refractivity contribution is 9.11. The maximum atomic E-state index is 11.1. The van der Waals surface area contributed by atoms with Crippen molar-refractivity contribution >= 4 is 21.8 Å². The minimum absolute atomic E-state index is 0.00296. The van der Waals surface area contributed by atoms with Gasteiger partial charge in [0.15, 0.2) is 0 Å². The molecule has 1 aliphatic carbocycles. The van der Waals surface area contributed by atoms with Crippen LogP contribution in [0.15, 0.2) is 34.5 Å². The van der Waals surface area contributed by atoms with Gasteiger partial charge in [-0.25, -0.2) is 0 Å². The minimum atomic E-state index is 0.00296. The molecule has 2 rings (SSSR count). The largest absolute Gasteiger partial charge is 0.329 e. The normalized spacial score (nSPS) is 27.4. The van der Waals surface area contributed by atoms with Crippen molar-refractivity contribution in [1.29, 1.82) is 0 Å². The van der Waals surface area contributed by atoms with Crippen LogP contribution in [0.1, 0.15) is 0 Å². The SMILES string of the molecule is O=C1NC=CC2C(Br)=CC=C12. The fourth-order valence-electron chi connectivity index (χ4n) is 1.24. The predicted octanol–water partition coefficient (Wildman–Crippen LogP) is 1.46. The van der Waals surface area contributed by atoms with E-state index < -0.39 is 0 Å². The molecule has 11 heavy (non-hydrogen) atoms. The van der Waals surface area contributed by atoms with Crippen LogP contribution in [0.5, 0.6) is 0 Å². The van der Waals surface area contributed by atoms with Crippen LogP contribution in [0, 0.1) is 5.92 Å². The minimum Gasteiger partial charge on any atom is -0.329 e. The average molecular weight is 212 g/mol. The van der Waals surface area contributed by atoms with Crippen LogP contribution in [-0.2, 0) is 4.79 Å². The van der Waals surface area contributed by atoms with Gasteiger partial charge in [0.05, 0.1) is 0 Å². The second-order valence-electron chi connectivity index (χ2n) is 2.48. The second-order valence-corrected chi connectivity index (χ2v) is 3.40. The molecule has 2 nitrogen and oxygen atoms in total. The molecule has 0 bridgehead atoms. The van der Waals surface area contributed by atoms with E-state index in [2.05, 4.69) is 21.2 Å². The Balaban J connectivity index is 2.41. The van der Waals surface area contributed by atoms with E-state index in [1.807, 2.05) is 18.2 Å². The van der Waals surface area contributed by atoms with Crippen molar-refractivity contribution in [3.05, 3.63) is 34.5 Å². The van der Waals surface area contributed by atoms with Gasteiger partial charge in [-0.3, -0.25) is 4.79 Å². The zero-order valence-corrected chi connectivity index (χ0v) is 7.26. The van der Waals surface area contributed by atoms with Gasteiger partial charge in [0.2, 0.25) is 0 Å². The molecule has 0 aromatic rings. The van der Waals surface area contributed by atoms with E-state index in [0.29, 0.717) is 0 Å². The number of rotatable bonds is 0. The zero-order valence-electron chi connectivity index (χ0n) is 5.67. The standard InChI is InChI=1S/C8H6BrNO/c9-7-2-1-6-5(7)3-4-10-8(6)11/h1-5H,(H,10,11). The van der Waals surface area contributed by atoms with E-state index in [1.165, 1.54) is 0 Å². The fraction of sp³-hybridized carbons (Fsp3) is 0.125. The molecule has 1 N–H and O–H groups in total. The molecule has 0 saturated heterocycles. The van der Waals surface area contributed by atoms with Gasteiger partial charge in [-0.05, 0) is 0 Å². The van der Waals surface area contributed by atoms with Gasteiger partial charge in [0.1, 0.15) is 0 Å². The summed E-state index contributed by atoms with van der Waals surface area (Å²) in [6.07, 6.45) is 7.40. The van der Waals surface area contributed by atoms with Crippen molar-refractivity contribution in [3.63, 3.8) is 0 Å². The summed E-state index contributed by atoms with van der Waals surface area (Å²) >= 11 is 3.39. The van der Waals surface area contributed by atoms with E-state index in [0.717, 1.165) is 10.1 Å². The zero-order chi connectivity index (χ0) is 7.84. The molecule has 1 amide bonds. The van der Waals surface area contributed by atoms with Gasteiger partial charge >= 0.3 is 0 Å². The molecule has 1 aliphatic heterocycles. The molecule has 2 aliphatic rings. The number of carbonyl (C=O) groups excluding carboxylic acids is 1. The van der Waals surface area contributed by atoms with Gasteiger partial charge in [-0.1, -0.05) is 34.2 Å². The Hall–Kier alpha value is -0.830. The molecule has 0 aromatic heterocycles. The Kier molecular flexibility index (Phi) is 1.46. The summed E-state index contributed by atoms with van der Waals surface area (Å²) < 4.78 is 1.05. The second kappa shape index (κ2) is 2.34. The van der Waals surface area contributed by atoms with Crippen molar-refractivity contribution < 1.29 is 4.79 Å². The predicted molar refractivity (Wildman–Crippen MR) is 45.9 cm³/mol. The fourth-order valence-corrected chi connectivity index (χ4v) is 1.77. The van der Waals surface area contributed by atoms with Gasteiger partial charge < -0.3 is 5.32 Å². The summed E-state index contributed by atoms with van der Waals surface area (Å²) in [6.45, 7) is 0. The smallest absolute Gasteiger partial charge is 0.252 e. The number of amides is 1. The first kappa shape index (κ1) is 6.85. The summed E-state index contributed by atoms with van der Waals surface area (Å²) in [7, 11) is 0. The van der Waals surface area contributed by atoms with Crippen LogP contribution in [0.4, 0.5) is 0 Å². The Morgan fingerprint density at radius 3 is 3.00 bits per heavy atom. The van der Waals surface area contributed by atoms with E-state index in [-0.39, 0.29) is 11.8 Å². The highest BCUT2D eigenvalue weighted by Gasteiger charge is 2.26. The van der Waals surface area contributed by atoms with Crippen molar-refractivity contribution in [2.24, 2.45) is 5.92 Å².